The van der Waals surface area contributed by atoms with Crippen molar-refractivity contribution >= 4 is 23.0 Å². The highest BCUT2D eigenvalue weighted by atomic mass is 127. The predicted octanol–water partition coefficient (Wildman–Crippen LogP) is 2.16. The summed E-state index contributed by atoms with van der Waals surface area (Å²) < 4.78 is 5.02. The lowest BCUT2D eigenvalue weighted by molar-refractivity contribution is 0.142. The zero-order valence-corrected chi connectivity index (χ0v) is 12.9. The number of nitrogens with zero attached hydrogens (tertiary/aromatic N) is 2. The molecule has 3 nitrogen and oxygen atoms in total. The minimum atomic E-state index is 0.893. The lowest BCUT2D eigenvalue weighted by Crippen LogP contribution is -2.46. The maximum absolute atomic E-state index is 5.02. The van der Waals surface area contributed by atoms with Crippen molar-refractivity contribution in [3.63, 3.8) is 0 Å². The molecular weight excluding hydrogens is 327 g/mol. The molecule has 1 aliphatic rings. The Balaban J connectivity index is 2.00. The molecule has 0 aromatic carbocycles. The molecular formula is C13H23IN2O. The third-order valence-electron chi connectivity index (χ3n) is 3.14. The van der Waals surface area contributed by atoms with Crippen molar-refractivity contribution in [1.82, 2.24) is 9.80 Å². The van der Waals surface area contributed by atoms with Gasteiger partial charge in [-0.25, -0.2) is 0 Å². The molecule has 0 unspecified atom stereocenters. The summed E-state index contributed by atoms with van der Waals surface area (Å²) in [5.74, 6) is 6.10. The topological polar surface area (TPSA) is 15.7 Å². The Hall–Kier alpha value is 0.170. The van der Waals surface area contributed by atoms with Gasteiger partial charge in [-0.1, -0.05) is 5.92 Å². The average Bonchev–Trinajstić information content (AvgIpc) is 2.37. The number of hydrogen-bond donors (Lipinski definition) is 0. The van der Waals surface area contributed by atoms with E-state index >= 15 is 0 Å². The summed E-state index contributed by atoms with van der Waals surface area (Å²) in [4.78, 5) is 5.01. The number of piperazine rings is 1. The van der Waals surface area contributed by atoms with E-state index < -0.39 is 0 Å². The molecule has 1 aliphatic heterocycles. The van der Waals surface area contributed by atoms with E-state index in [9.17, 15) is 0 Å². The highest BCUT2D eigenvalue weighted by Gasteiger charge is 2.14. The summed E-state index contributed by atoms with van der Waals surface area (Å²) in [6.07, 6.45) is 3.77. The number of hydrogen-bond acceptors (Lipinski definition) is 3. The van der Waals surface area contributed by atoms with E-state index in [2.05, 4.69) is 21.6 Å². The third kappa shape index (κ3) is 7.24. The van der Waals surface area contributed by atoms with E-state index in [0.717, 1.165) is 13.2 Å². The van der Waals surface area contributed by atoms with Crippen LogP contribution in [0.1, 0.15) is 26.2 Å². The van der Waals surface area contributed by atoms with Crippen molar-refractivity contribution < 1.29 is 3.07 Å². The second kappa shape index (κ2) is 10.1. The number of rotatable bonds is 7. The molecule has 0 aliphatic carbocycles. The van der Waals surface area contributed by atoms with Gasteiger partial charge in [-0.15, -0.1) is 5.92 Å². The summed E-state index contributed by atoms with van der Waals surface area (Å²) in [5, 5.41) is 0. The molecule has 1 saturated heterocycles. The summed E-state index contributed by atoms with van der Waals surface area (Å²) in [7, 11) is 0. The van der Waals surface area contributed by atoms with Gasteiger partial charge in [-0.05, 0) is 32.7 Å². The van der Waals surface area contributed by atoms with E-state index in [1.807, 2.05) is 29.9 Å². The molecule has 0 bridgehead atoms. The Kier molecular flexibility index (Phi) is 9.07. The Morgan fingerprint density at radius 1 is 1.06 bits per heavy atom. The van der Waals surface area contributed by atoms with Gasteiger partial charge in [-0.2, -0.15) is 0 Å². The maximum atomic E-state index is 5.02. The highest BCUT2D eigenvalue weighted by molar-refractivity contribution is 14.1. The van der Waals surface area contributed by atoms with E-state index in [4.69, 9.17) is 3.07 Å². The molecule has 17 heavy (non-hydrogen) atoms. The first kappa shape index (κ1) is 15.2. The van der Waals surface area contributed by atoms with Gasteiger partial charge in [0.15, 0.2) is 0 Å². The van der Waals surface area contributed by atoms with Crippen LogP contribution in [0.15, 0.2) is 0 Å². The third-order valence-corrected chi connectivity index (χ3v) is 3.58. The summed E-state index contributed by atoms with van der Waals surface area (Å²) in [6.45, 7) is 9.74. The second-order valence-corrected chi connectivity index (χ2v) is 5.04. The number of halogens is 1. The highest BCUT2D eigenvalue weighted by Crippen LogP contribution is 2.05. The van der Waals surface area contributed by atoms with Gasteiger partial charge in [0, 0.05) is 26.2 Å². The standard InChI is InChI=1S/C13H23IN2O/c1-2-3-7-15-9-11-16(12-10-15)8-5-4-6-13-17-14/h4-13H2,1H3. The van der Waals surface area contributed by atoms with E-state index in [0.29, 0.717) is 0 Å². The summed E-state index contributed by atoms with van der Waals surface area (Å²) in [6, 6.07) is 0. The van der Waals surface area contributed by atoms with Crippen LogP contribution in [0.2, 0.25) is 0 Å². The smallest absolute Gasteiger partial charge is 0.109 e. The van der Waals surface area contributed by atoms with Gasteiger partial charge in [-0.3, -0.25) is 4.90 Å². The van der Waals surface area contributed by atoms with Gasteiger partial charge < -0.3 is 7.97 Å². The fraction of sp³-hybridized carbons (Fsp3) is 0.846. The lowest BCUT2D eigenvalue weighted by atomic mass is 10.2. The SMILES string of the molecule is CC#CCN1CCN(CCCCCOI)CC1. The molecule has 0 spiro atoms. The molecule has 0 saturated carbocycles. The molecule has 0 atom stereocenters. The molecule has 0 aromatic heterocycles. The quantitative estimate of drug-likeness (QED) is 0.398. The van der Waals surface area contributed by atoms with Crippen LogP contribution in [0, 0.1) is 11.8 Å². The van der Waals surface area contributed by atoms with Crippen molar-refractivity contribution in [1.29, 1.82) is 0 Å². The molecule has 1 fully saturated rings. The van der Waals surface area contributed by atoms with Gasteiger partial charge in [0.05, 0.1) is 13.2 Å². The largest absolute Gasteiger partial charge is 0.316 e. The van der Waals surface area contributed by atoms with Crippen molar-refractivity contribution in [2.24, 2.45) is 0 Å². The molecule has 0 aromatic rings. The molecule has 98 valence electrons. The van der Waals surface area contributed by atoms with E-state index in [1.165, 1.54) is 52.0 Å². The molecule has 0 amide bonds. The predicted molar refractivity (Wildman–Crippen MR) is 80.2 cm³/mol. The van der Waals surface area contributed by atoms with Crippen molar-refractivity contribution in [3.8, 4) is 11.8 Å². The Labute approximate surface area is 120 Å². The van der Waals surface area contributed by atoms with Crippen molar-refractivity contribution in [2.45, 2.75) is 26.2 Å². The Bertz CT molecular complexity index is 242. The monoisotopic (exact) mass is 350 g/mol. The molecule has 1 heterocycles. The second-order valence-electron chi connectivity index (χ2n) is 4.42. The Morgan fingerprint density at radius 2 is 1.76 bits per heavy atom. The molecule has 4 heteroatoms. The zero-order valence-electron chi connectivity index (χ0n) is 10.8. The normalized spacial score (nSPS) is 17.8. The van der Waals surface area contributed by atoms with Crippen molar-refractivity contribution in [3.05, 3.63) is 0 Å². The fourth-order valence-corrected chi connectivity index (χ4v) is 2.34. The van der Waals surface area contributed by atoms with Crippen LogP contribution in [-0.2, 0) is 3.07 Å². The molecule has 1 rings (SSSR count). The van der Waals surface area contributed by atoms with E-state index in [1.54, 1.807) is 0 Å². The van der Waals surface area contributed by atoms with Crippen LogP contribution in [-0.4, -0.2) is 55.7 Å². The minimum absolute atomic E-state index is 0.893. The minimum Gasteiger partial charge on any atom is -0.316 e. The zero-order chi connectivity index (χ0) is 12.3. The lowest BCUT2D eigenvalue weighted by Gasteiger charge is -2.33. The van der Waals surface area contributed by atoms with Gasteiger partial charge in [0.2, 0.25) is 0 Å². The molecule has 0 N–H and O–H groups in total. The van der Waals surface area contributed by atoms with Crippen LogP contribution >= 0.6 is 23.0 Å². The average molecular weight is 350 g/mol. The fourth-order valence-electron chi connectivity index (χ4n) is 2.03. The Morgan fingerprint density at radius 3 is 2.41 bits per heavy atom. The van der Waals surface area contributed by atoms with E-state index in [-0.39, 0.29) is 0 Å². The van der Waals surface area contributed by atoms with Crippen molar-refractivity contribution in [2.75, 3.05) is 45.9 Å². The first-order valence-electron chi connectivity index (χ1n) is 6.44. The van der Waals surface area contributed by atoms with Crippen LogP contribution in [0.5, 0.6) is 0 Å². The first-order chi connectivity index (χ1) is 8.36. The maximum Gasteiger partial charge on any atom is 0.109 e. The van der Waals surface area contributed by atoms with Gasteiger partial charge in [0.25, 0.3) is 0 Å². The van der Waals surface area contributed by atoms with Crippen LogP contribution in [0.25, 0.3) is 0 Å². The van der Waals surface area contributed by atoms with Crippen LogP contribution in [0.4, 0.5) is 0 Å². The summed E-state index contributed by atoms with van der Waals surface area (Å²) in [5.41, 5.74) is 0. The summed E-state index contributed by atoms with van der Waals surface area (Å²) >= 11 is 1.97. The van der Waals surface area contributed by atoms with Gasteiger partial charge >= 0.3 is 0 Å². The first-order valence-corrected chi connectivity index (χ1v) is 7.32. The van der Waals surface area contributed by atoms with Gasteiger partial charge in [0.1, 0.15) is 23.0 Å². The van der Waals surface area contributed by atoms with Crippen LogP contribution < -0.4 is 0 Å². The van der Waals surface area contributed by atoms with Crippen LogP contribution in [0.3, 0.4) is 0 Å². The molecule has 0 radical (unpaired) electrons. The number of unbranched alkanes of at least 4 members (excludes halogenated alkanes) is 2.